The van der Waals surface area contributed by atoms with Crippen molar-refractivity contribution >= 4 is 19.1 Å². The van der Waals surface area contributed by atoms with Gasteiger partial charge in [0.15, 0.2) is 8.32 Å². The summed E-state index contributed by atoms with van der Waals surface area (Å²) in [5, 5.41) is 11.2. The highest BCUT2D eigenvalue weighted by molar-refractivity contribution is 7.88. The van der Waals surface area contributed by atoms with E-state index in [4.69, 9.17) is 4.43 Å². The zero-order valence-electron chi connectivity index (χ0n) is 15.6. The lowest BCUT2D eigenvalue weighted by atomic mass is 10.2. The van der Waals surface area contributed by atoms with E-state index in [-0.39, 0.29) is 11.6 Å². The molecule has 3 nitrogen and oxygen atoms in total. The molecule has 0 aliphatic heterocycles. The standard InChI is InChI=1S/C19H30O3SSi/c1-16-7-9-18(10-8-16)23(21)14-12-17(15-20)11-13-22-24(5,6)19(2,3)4/h7-12,14,20H,13,15H2,1-6H3/b14-12-,17-11-/t23-/m0/s1. The van der Waals surface area contributed by atoms with Crippen LogP contribution in [-0.4, -0.2) is 30.8 Å². The van der Waals surface area contributed by atoms with E-state index in [1.54, 1.807) is 11.5 Å². The lowest BCUT2D eigenvalue weighted by molar-refractivity contribution is 0.317. The largest absolute Gasteiger partial charge is 0.413 e. The molecule has 134 valence electrons. The summed E-state index contributed by atoms with van der Waals surface area (Å²) < 4.78 is 18.3. The van der Waals surface area contributed by atoms with Crippen molar-refractivity contribution < 1.29 is 13.7 Å². The van der Waals surface area contributed by atoms with Gasteiger partial charge >= 0.3 is 0 Å². The first-order chi connectivity index (χ1) is 11.1. The minimum absolute atomic E-state index is 0.0948. The smallest absolute Gasteiger partial charge is 0.192 e. The monoisotopic (exact) mass is 366 g/mol. The van der Waals surface area contributed by atoms with Crippen molar-refractivity contribution in [1.82, 2.24) is 0 Å². The van der Waals surface area contributed by atoms with Crippen molar-refractivity contribution in [2.24, 2.45) is 0 Å². The maximum Gasteiger partial charge on any atom is 0.192 e. The minimum atomic E-state index is -1.80. The van der Waals surface area contributed by atoms with Crippen molar-refractivity contribution in [2.75, 3.05) is 13.2 Å². The van der Waals surface area contributed by atoms with Gasteiger partial charge < -0.3 is 9.53 Å². The van der Waals surface area contributed by atoms with E-state index in [1.165, 1.54) is 0 Å². The van der Waals surface area contributed by atoms with Crippen LogP contribution < -0.4 is 0 Å². The molecule has 0 bridgehead atoms. The normalized spacial score (nSPS) is 15.0. The summed E-state index contributed by atoms with van der Waals surface area (Å²) in [6.07, 6.45) is 3.58. The predicted molar refractivity (Wildman–Crippen MR) is 105 cm³/mol. The van der Waals surface area contributed by atoms with Crippen LogP contribution in [-0.2, 0) is 15.2 Å². The Morgan fingerprint density at radius 2 is 1.83 bits per heavy atom. The van der Waals surface area contributed by atoms with Crippen LogP contribution in [0.15, 0.2) is 52.3 Å². The molecule has 0 fully saturated rings. The van der Waals surface area contributed by atoms with E-state index in [0.717, 1.165) is 10.5 Å². The second-order valence-electron chi connectivity index (χ2n) is 7.42. The molecule has 0 aromatic heterocycles. The van der Waals surface area contributed by atoms with Gasteiger partial charge in [-0.15, -0.1) is 0 Å². The van der Waals surface area contributed by atoms with Crippen LogP contribution in [0.5, 0.6) is 0 Å². The summed E-state index contributed by atoms with van der Waals surface area (Å²) in [5.74, 6) is 0. The van der Waals surface area contributed by atoms with E-state index in [2.05, 4.69) is 33.9 Å². The Hall–Kier alpha value is -1.01. The Bertz CT molecular complexity index is 610. The van der Waals surface area contributed by atoms with Gasteiger partial charge in [-0.2, -0.15) is 0 Å². The lowest BCUT2D eigenvalue weighted by Crippen LogP contribution is -2.40. The number of aliphatic hydroxyl groups excluding tert-OH is 1. The number of aliphatic hydroxyl groups is 1. The van der Waals surface area contributed by atoms with Crippen LogP contribution in [0.4, 0.5) is 0 Å². The fourth-order valence-corrected chi connectivity index (χ4v) is 3.45. The molecule has 0 heterocycles. The van der Waals surface area contributed by atoms with Crippen molar-refractivity contribution in [3.63, 3.8) is 0 Å². The van der Waals surface area contributed by atoms with Crippen molar-refractivity contribution in [3.05, 3.63) is 53.0 Å². The first-order valence-electron chi connectivity index (χ1n) is 8.16. The summed E-state index contributed by atoms with van der Waals surface area (Å²) in [6.45, 7) is 13.3. The van der Waals surface area contributed by atoms with Gasteiger partial charge in [0.05, 0.1) is 24.0 Å². The van der Waals surface area contributed by atoms with E-state index < -0.39 is 19.1 Å². The number of hydrogen-bond donors (Lipinski definition) is 1. The van der Waals surface area contributed by atoms with E-state index in [9.17, 15) is 9.32 Å². The summed E-state index contributed by atoms with van der Waals surface area (Å²) in [4.78, 5) is 0.756. The molecule has 1 rings (SSSR count). The Morgan fingerprint density at radius 3 is 2.33 bits per heavy atom. The average molecular weight is 367 g/mol. The van der Waals surface area contributed by atoms with Crippen molar-refractivity contribution in [1.29, 1.82) is 0 Å². The highest BCUT2D eigenvalue weighted by Crippen LogP contribution is 2.36. The van der Waals surface area contributed by atoms with E-state index in [1.807, 2.05) is 37.3 Å². The molecule has 1 atom stereocenters. The third kappa shape index (κ3) is 6.47. The van der Waals surface area contributed by atoms with Gasteiger partial charge in [-0.1, -0.05) is 44.5 Å². The molecule has 24 heavy (non-hydrogen) atoms. The summed E-state index contributed by atoms with van der Waals surface area (Å²) in [5.41, 5.74) is 1.85. The molecule has 0 radical (unpaired) electrons. The molecule has 5 heteroatoms. The van der Waals surface area contributed by atoms with Crippen LogP contribution in [0.3, 0.4) is 0 Å². The molecule has 1 N–H and O–H groups in total. The number of hydrogen-bond acceptors (Lipinski definition) is 3. The highest BCUT2D eigenvalue weighted by Gasteiger charge is 2.36. The molecular weight excluding hydrogens is 336 g/mol. The molecule has 0 amide bonds. The van der Waals surface area contributed by atoms with Gasteiger partial charge in [0.25, 0.3) is 0 Å². The highest BCUT2D eigenvalue weighted by atomic mass is 32.2. The van der Waals surface area contributed by atoms with Crippen LogP contribution >= 0.6 is 0 Å². The maximum absolute atomic E-state index is 12.2. The van der Waals surface area contributed by atoms with Crippen molar-refractivity contribution in [2.45, 2.75) is 50.7 Å². The number of aryl methyl sites for hydroxylation is 1. The average Bonchev–Trinajstić information content (AvgIpc) is 2.49. The fraction of sp³-hybridized carbons (Fsp3) is 0.474. The first kappa shape index (κ1) is 21.0. The lowest BCUT2D eigenvalue weighted by Gasteiger charge is -2.35. The summed E-state index contributed by atoms with van der Waals surface area (Å²) in [6, 6.07) is 7.60. The number of rotatable bonds is 7. The zero-order valence-corrected chi connectivity index (χ0v) is 17.4. The van der Waals surface area contributed by atoms with Crippen LogP contribution in [0, 0.1) is 6.92 Å². The molecule has 0 unspecified atom stereocenters. The van der Waals surface area contributed by atoms with Gasteiger partial charge in [0.2, 0.25) is 0 Å². The second kappa shape index (κ2) is 8.90. The van der Waals surface area contributed by atoms with Crippen LogP contribution in [0.25, 0.3) is 0 Å². The van der Waals surface area contributed by atoms with Gasteiger partial charge in [-0.3, -0.25) is 0 Å². The fourth-order valence-electron chi connectivity index (χ4n) is 1.66. The van der Waals surface area contributed by atoms with Crippen LogP contribution in [0.2, 0.25) is 18.1 Å². The maximum atomic E-state index is 12.2. The zero-order chi connectivity index (χ0) is 18.4. The third-order valence-electron chi connectivity index (χ3n) is 4.44. The Morgan fingerprint density at radius 1 is 1.25 bits per heavy atom. The van der Waals surface area contributed by atoms with Crippen LogP contribution in [0.1, 0.15) is 26.3 Å². The van der Waals surface area contributed by atoms with Crippen molar-refractivity contribution in [3.8, 4) is 0 Å². The molecule has 0 spiro atoms. The quantitative estimate of drug-likeness (QED) is 0.568. The van der Waals surface area contributed by atoms with Gasteiger partial charge in [-0.05, 0) is 48.8 Å². The SMILES string of the molecule is Cc1ccc([S@@](=O)/C=C\C(=C\CO[Si](C)(C)C(C)(C)C)CO)cc1. The minimum Gasteiger partial charge on any atom is -0.413 e. The predicted octanol–water partition coefficient (Wildman–Crippen LogP) is 4.56. The summed E-state index contributed by atoms with van der Waals surface area (Å²) in [7, 11) is -3.01. The van der Waals surface area contributed by atoms with E-state index in [0.29, 0.717) is 12.2 Å². The van der Waals surface area contributed by atoms with E-state index >= 15 is 0 Å². The molecule has 1 aromatic carbocycles. The topological polar surface area (TPSA) is 46.5 Å². The molecule has 0 saturated heterocycles. The molecule has 1 aromatic rings. The summed E-state index contributed by atoms with van der Waals surface area (Å²) >= 11 is 0. The molecule has 0 saturated carbocycles. The molecule has 0 aliphatic rings. The number of benzene rings is 1. The Balaban J connectivity index is 2.69. The molecular formula is C19H30O3SSi. The second-order valence-corrected chi connectivity index (χ2v) is 13.6. The van der Waals surface area contributed by atoms with Gasteiger partial charge in [-0.25, -0.2) is 4.21 Å². The first-order valence-corrected chi connectivity index (χ1v) is 12.3. The third-order valence-corrected chi connectivity index (χ3v) is 10.1. The Labute approximate surface area is 150 Å². The van der Waals surface area contributed by atoms with Gasteiger partial charge in [0, 0.05) is 10.3 Å². The van der Waals surface area contributed by atoms with Gasteiger partial charge in [0.1, 0.15) is 0 Å². The Kier molecular flexibility index (Phi) is 7.80. The molecule has 0 aliphatic carbocycles.